The van der Waals surface area contributed by atoms with Crippen LogP contribution in [0, 0.1) is 6.92 Å². The summed E-state index contributed by atoms with van der Waals surface area (Å²) in [5.41, 5.74) is 0.131. The molecule has 94 valence electrons. The first-order chi connectivity index (χ1) is 8.69. The average Bonchev–Trinajstić information content (AvgIpc) is 2.81. The molecular formula is C10H11N5O3. The maximum Gasteiger partial charge on any atom is 0.358 e. The smallest absolute Gasteiger partial charge is 0.358 e. The van der Waals surface area contributed by atoms with Crippen molar-refractivity contribution < 1.29 is 14.1 Å². The molecule has 0 aliphatic heterocycles. The number of carbonyl (C=O) groups is 1. The van der Waals surface area contributed by atoms with Gasteiger partial charge in [-0.1, -0.05) is 5.16 Å². The summed E-state index contributed by atoms with van der Waals surface area (Å²) in [6.45, 7) is 2.03. The monoisotopic (exact) mass is 249 g/mol. The summed E-state index contributed by atoms with van der Waals surface area (Å²) in [6.07, 6.45) is 2.81. The van der Waals surface area contributed by atoms with Gasteiger partial charge in [0, 0.05) is 6.92 Å². The normalized spacial score (nSPS) is 10.1. The molecular weight excluding hydrogens is 238 g/mol. The van der Waals surface area contributed by atoms with Crippen molar-refractivity contribution in [3.8, 4) is 0 Å². The van der Waals surface area contributed by atoms with Crippen molar-refractivity contribution in [3.05, 3.63) is 29.8 Å². The van der Waals surface area contributed by atoms with Gasteiger partial charge in [0.05, 0.1) is 26.0 Å². The molecule has 0 fully saturated rings. The minimum atomic E-state index is -0.540. The molecule has 0 unspecified atom stereocenters. The molecule has 2 heterocycles. The molecule has 0 saturated heterocycles. The Morgan fingerprint density at radius 2 is 2.28 bits per heavy atom. The fourth-order valence-corrected chi connectivity index (χ4v) is 1.24. The van der Waals surface area contributed by atoms with Gasteiger partial charge in [0.25, 0.3) is 0 Å². The lowest BCUT2D eigenvalue weighted by Gasteiger charge is -2.03. The topological polar surface area (TPSA) is 103 Å². The summed E-state index contributed by atoms with van der Waals surface area (Å²) in [5, 5.41) is 6.64. The Hall–Kier alpha value is -2.51. The second-order valence-corrected chi connectivity index (χ2v) is 3.36. The molecule has 2 aromatic rings. The van der Waals surface area contributed by atoms with E-state index in [2.05, 4.69) is 30.2 Å². The van der Waals surface area contributed by atoms with E-state index >= 15 is 0 Å². The quantitative estimate of drug-likeness (QED) is 0.784. The van der Waals surface area contributed by atoms with E-state index in [-0.39, 0.29) is 5.69 Å². The number of anilines is 1. The SMILES string of the molecule is COC(=O)c1cncc(NCc2noc(C)n2)n1. The Kier molecular flexibility index (Phi) is 3.46. The van der Waals surface area contributed by atoms with Crippen LogP contribution in [0.25, 0.3) is 0 Å². The molecule has 0 radical (unpaired) electrons. The molecule has 0 aliphatic carbocycles. The van der Waals surface area contributed by atoms with E-state index in [0.717, 1.165) is 0 Å². The van der Waals surface area contributed by atoms with E-state index in [1.807, 2.05) is 0 Å². The third-order valence-electron chi connectivity index (χ3n) is 2.03. The summed E-state index contributed by atoms with van der Waals surface area (Å²) in [5.74, 6) is 0.876. The van der Waals surface area contributed by atoms with Crippen molar-refractivity contribution in [3.63, 3.8) is 0 Å². The fourth-order valence-electron chi connectivity index (χ4n) is 1.24. The van der Waals surface area contributed by atoms with E-state index in [9.17, 15) is 4.79 Å². The van der Waals surface area contributed by atoms with Crippen LogP contribution in [-0.4, -0.2) is 33.2 Å². The number of carbonyl (C=O) groups excluding carboxylic acids is 1. The summed E-state index contributed by atoms with van der Waals surface area (Å²) >= 11 is 0. The number of hydrogen-bond donors (Lipinski definition) is 1. The predicted molar refractivity (Wildman–Crippen MR) is 59.7 cm³/mol. The second-order valence-electron chi connectivity index (χ2n) is 3.36. The highest BCUT2D eigenvalue weighted by molar-refractivity contribution is 5.87. The lowest BCUT2D eigenvalue weighted by Crippen LogP contribution is -2.09. The molecule has 8 nitrogen and oxygen atoms in total. The third-order valence-corrected chi connectivity index (χ3v) is 2.03. The number of aryl methyl sites for hydroxylation is 1. The van der Waals surface area contributed by atoms with E-state index in [1.165, 1.54) is 19.5 Å². The number of esters is 1. The largest absolute Gasteiger partial charge is 0.464 e. The predicted octanol–water partition coefficient (Wildman–Crippen LogP) is 0.567. The van der Waals surface area contributed by atoms with E-state index < -0.39 is 5.97 Å². The molecule has 18 heavy (non-hydrogen) atoms. The van der Waals surface area contributed by atoms with Gasteiger partial charge in [-0.2, -0.15) is 4.98 Å². The van der Waals surface area contributed by atoms with E-state index in [1.54, 1.807) is 6.92 Å². The zero-order valence-electron chi connectivity index (χ0n) is 9.88. The first-order valence-corrected chi connectivity index (χ1v) is 5.12. The molecule has 0 bridgehead atoms. The number of nitrogens with zero attached hydrogens (tertiary/aromatic N) is 4. The first kappa shape index (κ1) is 12.0. The molecule has 0 atom stereocenters. The van der Waals surface area contributed by atoms with Crippen molar-refractivity contribution in [2.75, 3.05) is 12.4 Å². The molecule has 0 aliphatic rings. The molecule has 0 amide bonds. The van der Waals surface area contributed by atoms with Gasteiger partial charge in [-0.3, -0.25) is 4.98 Å². The Bertz CT molecular complexity index is 554. The number of ether oxygens (including phenoxy) is 1. The second kappa shape index (κ2) is 5.21. The van der Waals surface area contributed by atoms with E-state index in [4.69, 9.17) is 4.52 Å². The molecule has 0 aromatic carbocycles. The number of hydrogen-bond acceptors (Lipinski definition) is 8. The van der Waals surface area contributed by atoms with E-state index in [0.29, 0.717) is 24.1 Å². The van der Waals surface area contributed by atoms with Gasteiger partial charge in [0.2, 0.25) is 5.89 Å². The van der Waals surface area contributed by atoms with Gasteiger partial charge < -0.3 is 14.6 Å². The number of nitrogens with one attached hydrogen (secondary N) is 1. The third kappa shape index (κ3) is 2.78. The highest BCUT2D eigenvalue weighted by Crippen LogP contribution is 2.05. The maximum absolute atomic E-state index is 11.3. The maximum atomic E-state index is 11.3. The summed E-state index contributed by atoms with van der Waals surface area (Å²) in [7, 11) is 1.28. The first-order valence-electron chi connectivity index (χ1n) is 5.12. The van der Waals surface area contributed by atoms with Gasteiger partial charge in [-0.15, -0.1) is 0 Å². The lowest BCUT2D eigenvalue weighted by molar-refractivity contribution is 0.0593. The van der Waals surface area contributed by atoms with Crippen LogP contribution in [0.1, 0.15) is 22.2 Å². The number of methoxy groups -OCH3 is 1. The number of rotatable bonds is 4. The van der Waals surface area contributed by atoms with Crippen molar-refractivity contribution in [2.24, 2.45) is 0 Å². The Morgan fingerprint density at radius 1 is 1.44 bits per heavy atom. The highest BCUT2D eigenvalue weighted by atomic mass is 16.5. The van der Waals surface area contributed by atoms with Crippen LogP contribution < -0.4 is 5.32 Å². The van der Waals surface area contributed by atoms with Crippen LogP contribution in [0.15, 0.2) is 16.9 Å². The Morgan fingerprint density at radius 3 is 2.94 bits per heavy atom. The zero-order valence-corrected chi connectivity index (χ0v) is 9.88. The highest BCUT2D eigenvalue weighted by Gasteiger charge is 2.09. The van der Waals surface area contributed by atoms with Crippen molar-refractivity contribution >= 4 is 11.8 Å². The van der Waals surface area contributed by atoms with Crippen LogP contribution in [0.2, 0.25) is 0 Å². The average molecular weight is 249 g/mol. The molecule has 0 saturated carbocycles. The van der Waals surface area contributed by atoms with Gasteiger partial charge in [-0.05, 0) is 0 Å². The molecule has 2 aromatic heterocycles. The van der Waals surface area contributed by atoms with Crippen molar-refractivity contribution in [1.29, 1.82) is 0 Å². The van der Waals surface area contributed by atoms with Crippen LogP contribution in [0.3, 0.4) is 0 Å². The molecule has 1 N–H and O–H groups in total. The van der Waals surface area contributed by atoms with Crippen LogP contribution in [-0.2, 0) is 11.3 Å². The molecule has 0 spiro atoms. The molecule has 8 heteroatoms. The number of aromatic nitrogens is 4. The van der Waals surface area contributed by atoms with Crippen molar-refractivity contribution in [2.45, 2.75) is 13.5 Å². The van der Waals surface area contributed by atoms with Crippen LogP contribution >= 0.6 is 0 Å². The van der Waals surface area contributed by atoms with Gasteiger partial charge >= 0.3 is 5.97 Å². The minimum absolute atomic E-state index is 0.131. The zero-order chi connectivity index (χ0) is 13.0. The summed E-state index contributed by atoms with van der Waals surface area (Å²) < 4.78 is 9.37. The Balaban J connectivity index is 2.03. The van der Waals surface area contributed by atoms with Crippen LogP contribution in [0.4, 0.5) is 5.82 Å². The van der Waals surface area contributed by atoms with Crippen molar-refractivity contribution in [1.82, 2.24) is 20.1 Å². The summed E-state index contributed by atoms with van der Waals surface area (Å²) in [6, 6.07) is 0. The standard InChI is InChI=1S/C10H11N5O3/c1-6-13-9(15-18-6)5-12-8-4-11-3-7(14-8)10(16)17-2/h3-4H,5H2,1-2H3,(H,12,14). The van der Waals surface area contributed by atoms with Gasteiger partial charge in [-0.25, -0.2) is 9.78 Å². The van der Waals surface area contributed by atoms with Gasteiger partial charge in [0.1, 0.15) is 5.82 Å². The summed E-state index contributed by atoms with van der Waals surface area (Å²) in [4.78, 5) is 23.2. The molecule has 2 rings (SSSR count). The van der Waals surface area contributed by atoms with Gasteiger partial charge in [0.15, 0.2) is 11.5 Å². The lowest BCUT2D eigenvalue weighted by atomic mass is 10.4. The minimum Gasteiger partial charge on any atom is -0.464 e. The fraction of sp³-hybridized carbons (Fsp3) is 0.300. The Labute approximate surface area is 102 Å². The van der Waals surface area contributed by atoms with Crippen LogP contribution in [0.5, 0.6) is 0 Å².